The second-order valence-corrected chi connectivity index (χ2v) is 6.03. The smallest absolute Gasteiger partial charge is 0.262 e. The van der Waals surface area contributed by atoms with Crippen molar-refractivity contribution in [2.45, 2.75) is 13.5 Å². The van der Waals surface area contributed by atoms with Gasteiger partial charge in [0.25, 0.3) is 5.56 Å². The van der Waals surface area contributed by atoms with Crippen molar-refractivity contribution in [3.8, 4) is 11.8 Å². The van der Waals surface area contributed by atoms with Crippen molar-refractivity contribution in [2.75, 3.05) is 0 Å². The zero-order valence-corrected chi connectivity index (χ0v) is 14.3. The summed E-state index contributed by atoms with van der Waals surface area (Å²) in [5.41, 5.74) is 2.06. The maximum Gasteiger partial charge on any atom is 0.262 e. The summed E-state index contributed by atoms with van der Waals surface area (Å²) in [5, 5.41) is 18.1. The molecule has 0 aliphatic carbocycles. The third-order valence-corrected chi connectivity index (χ3v) is 4.31. The molecule has 2 aromatic carbocycles. The number of fused-ring (bicyclic) bond motifs is 3. The van der Waals surface area contributed by atoms with Crippen LogP contribution in [0.15, 0.2) is 47.3 Å². The van der Waals surface area contributed by atoms with Crippen molar-refractivity contribution in [1.82, 2.24) is 19.2 Å². The number of hydrogen-bond donors (Lipinski definition) is 0. The highest BCUT2D eigenvalue weighted by Gasteiger charge is 2.15. The quantitative estimate of drug-likeness (QED) is 0.569. The van der Waals surface area contributed by atoms with Crippen molar-refractivity contribution < 1.29 is 4.74 Å². The molecule has 7 nitrogen and oxygen atoms in total. The fourth-order valence-corrected chi connectivity index (χ4v) is 2.98. The second kappa shape index (κ2) is 6.01. The minimum absolute atomic E-state index is 0.120. The molecule has 0 unspecified atom stereocenters. The number of aromatic nitrogens is 4. The van der Waals surface area contributed by atoms with Gasteiger partial charge in [0.2, 0.25) is 5.78 Å². The molecule has 0 bridgehead atoms. The Kier molecular flexibility index (Phi) is 3.66. The Morgan fingerprint density at radius 1 is 1.19 bits per heavy atom. The third kappa shape index (κ3) is 2.40. The number of benzene rings is 2. The van der Waals surface area contributed by atoms with E-state index < -0.39 is 0 Å². The van der Waals surface area contributed by atoms with E-state index in [4.69, 9.17) is 4.74 Å². The molecule has 7 heteroatoms. The Hall–Kier alpha value is -3.66. The van der Waals surface area contributed by atoms with Crippen LogP contribution in [0.5, 0.6) is 5.75 Å². The van der Waals surface area contributed by atoms with Crippen LogP contribution in [-0.4, -0.2) is 19.2 Å². The molecule has 0 N–H and O–H groups in total. The summed E-state index contributed by atoms with van der Waals surface area (Å²) < 4.78 is 9.07. The zero-order chi connectivity index (χ0) is 18.3. The molecule has 0 aliphatic rings. The molecule has 0 aliphatic heterocycles. The highest BCUT2D eigenvalue weighted by Crippen LogP contribution is 2.20. The lowest BCUT2D eigenvalue weighted by atomic mass is 10.1. The number of nitriles is 1. The largest absolute Gasteiger partial charge is 0.484 e. The van der Waals surface area contributed by atoms with Gasteiger partial charge in [-0.05, 0) is 31.2 Å². The maximum atomic E-state index is 12.6. The molecule has 0 saturated heterocycles. The summed E-state index contributed by atoms with van der Waals surface area (Å²) in [4.78, 5) is 12.6. The molecule has 4 rings (SSSR count). The first-order valence-electron chi connectivity index (χ1n) is 8.05. The van der Waals surface area contributed by atoms with Gasteiger partial charge in [0.05, 0.1) is 16.5 Å². The van der Waals surface area contributed by atoms with E-state index in [1.54, 1.807) is 31.3 Å². The number of para-hydroxylation sites is 1. The average Bonchev–Trinajstić information content (AvgIpc) is 3.08. The molecule has 0 spiro atoms. The SMILES string of the molecule is Cc1ccc2c(c1)c(=O)n(C)c1nnc(COc3ccccc3C#N)n21. The highest BCUT2D eigenvalue weighted by atomic mass is 16.5. The van der Waals surface area contributed by atoms with Crippen molar-refractivity contribution >= 4 is 16.7 Å². The molecule has 128 valence electrons. The molecular formula is C19H15N5O2. The fourth-order valence-electron chi connectivity index (χ4n) is 2.98. The summed E-state index contributed by atoms with van der Waals surface area (Å²) in [6, 6.07) is 14.8. The van der Waals surface area contributed by atoms with Gasteiger partial charge in [0, 0.05) is 7.05 Å². The maximum absolute atomic E-state index is 12.6. The van der Waals surface area contributed by atoms with Crippen LogP contribution in [-0.2, 0) is 13.7 Å². The van der Waals surface area contributed by atoms with Crippen molar-refractivity contribution in [3.63, 3.8) is 0 Å². The van der Waals surface area contributed by atoms with E-state index in [0.717, 1.165) is 11.1 Å². The number of nitrogens with zero attached hydrogens (tertiary/aromatic N) is 5. The van der Waals surface area contributed by atoms with Crippen LogP contribution < -0.4 is 10.3 Å². The van der Waals surface area contributed by atoms with Gasteiger partial charge in [-0.25, -0.2) is 0 Å². The van der Waals surface area contributed by atoms with Gasteiger partial charge >= 0.3 is 0 Å². The predicted octanol–water partition coefficient (Wildman–Crippen LogP) is 2.34. The van der Waals surface area contributed by atoms with E-state index in [2.05, 4.69) is 16.3 Å². The summed E-state index contributed by atoms with van der Waals surface area (Å²) in [5.74, 6) is 1.48. The Morgan fingerprint density at radius 2 is 2.00 bits per heavy atom. The number of hydrogen-bond acceptors (Lipinski definition) is 5. The van der Waals surface area contributed by atoms with Gasteiger partial charge in [-0.3, -0.25) is 13.8 Å². The summed E-state index contributed by atoms with van der Waals surface area (Å²) >= 11 is 0. The third-order valence-electron chi connectivity index (χ3n) is 4.31. The first-order valence-corrected chi connectivity index (χ1v) is 8.05. The summed E-state index contributed by atoms with van der Waals surface area (Å²) in [6.45, 7) is 2.07. The Bertz CT molecular complexity index is 1250. The van der Waals surface area contributed by atoms with Crippen LogP contribution in [0, 0.1) is 18.3 Å². The van der Waals surface area contributed by atoms with Crippen molar-refractivity contribution in [2.24, 2.45) is 7.05 Å². The van der Waals surface area contributed by atoms with Gasteiger partial charge in [-0.1, -0.05) is 23.8 Å². The normalized spacial score (nSPS) is 11.0. The van der Waals surface area contributed by atoms with E-state index in [1.807, 2.05) is 29.5 Å². The molecule has 0 fully saturated rings. The van der Waals surface area contributed by atoms with E-state index in [1.165, 1.54) is 4.57 Å². The number of rotatable bonds is 3. The summed E-state index contributed by atoms with van der Waals surface area (Å²) in [7, 11) is 1.67. The van der Waals surface area contributed by atoms with Crippen LogP contribution in [0.1, 0.15) is 17.0 Å². The van der Waals surface area contributed by atoms with Gasteiger partial charge in [0.15, 0.2) is 5.82 Å². The highest BCUT2D eigenvalue weighted by molar-refractivity contribution is 5.81. The van der Waals surface area contributed by atoms with Gasteiger partial charge in [-0.2, -0.15) is 5.26 Å². The number of aryl methyl sites for hydroxylation is 2. The van der Waals surface area contributed by atoms with Gasteiger partial charge < -0.3 is 4.74 Å². The molecule has 2 aromatic heterocycles. The van der Waals surface area contributed by atoms with Crippen LogP contribution in [0.2, 0.25) is 0 Å². The Morgan fingerprint density at radius 3 is 2.81 bits per heavy atom. The second-order valence-electron chi connectivity index (χ2n) is 6.03. The molecule has 0 atom stereocenters. The van der Waals surface area contributed by atoms with E-state index in [0.29, 0.717) is 28.3 Å². The molecule has 26 heavy (non-hydrogen) atoms. The molecule has 2 heterocycles. The van der Waals surface area contributed by atoms with Gasteiger partial charge in [-0.15, -0.1) is 10.2 Å². The van der Waals surface area contributed by atoms with Crippen LogP contribution in [0.25, 0.3) is 16.7 Å². The molecule has 0 amide bonds. The van der Waals surface area contributed by atoms with E-state index >= 15 is 0 Å². The lowest BCUT2D eigenvalue weighted by Gasteiger charge is -2.10. The zero-order valence-electron chi connectivity index (χ0n) is 14.3. The number of ether oxygens (including phenoxy) is 1. The van der Waals surface area contributed by atoms with Crippen molar-refractivity contribution in [1.29, 1.82) is 5.26 Å². The minimum atomic E-state index is -0.120. The molecule has 4 aromatic rings. The van der Waals surface area contributed by atoms with E-state index in [-0.39, 0.29) is 12.2 Å². The standard InChI is InChI=1S/C19H15N5O2/c1-12-7-8-15-14(9-12)18(25)23(2)19-22-21-17(24(15)19)11-26-16-6-4-3-5-13(16)10-20/h3-9H,11H2,1-2H3. The molecule has 0 saturated carbocycles. The molecule has 0 radical (unpaired) electrons. The lowest BCUT2D eigenvalue weighted by molar-refractivity contribution is 0.294. The molecular weight excluding hydrogens is 330 g/mol. The van der Waals surface area contributed by atoms with Crippen molar-refractivity contribution in [3.05, 3.63) is 69.8 Å². The topological polar surface area (TPSA) is 85.2 Å². The van der Waals surface area contributed by atoms with Crippen LogP contribution in [0.3, 0.4) is 0 Å². The lowest BCUT2D eigenvalue weighted by Crippen LogP contribution is -2.20. The van der Waals surface area contributed by atoms with Crippen LogP contribution in [0.4, 0.5) is 0 Å². The summed E-state index contributed by atoms with van der Waals surface area (Å²) in [6.07, 6.45) is 0. The Balaban J connectivity index is 1.86. The minimum Gasteiger partial charge on any atom is -0.484 e. The average molecular weight is 345 g/mol. The van der Waals surface area contributed by atoms with Gasteiger partial charge in [0.1, 0.15) is 18.4 Å². The van der Waals surface area contributed by atoms with E-state index in [9.17, 15) is 10.1 Å². The predicted molar refractivity (Wildman–Crippen MR) is 96.0 cm³/mol. The Labute approximate surface area is 148 Å². The first-order chi connectivity index (χ1) is 12.6. The monoisotopic (exact) mass is 345 g/mol. The first kappa shape index (κ1) is 15.8. The van der Waals surface area contributed by atoms with Crippen LogP contribution >= 0.6 is 0 Å². The fraction of sp³-hybridized carbons (Fsp3) is 0.158.